The smallest absolute Gasteiger partial charge is 0.275 e. The topological polar surface area (TPSA) is 50.5 Å². The fourth-order valence-corrected chi connectivity index (χ4v) is 4.30. The van der Waals surface area contributed by atoms with E-state index in [9.17, 15) is 13.6 Å². The van der Waals surface area contributed by atoms with Crippen LogP contribution in [0.5, 0.6) is 0 Å². The fourth-order valence-electron chi connectivity index (χ4n) is 3.33. The number of anilines is 1. The third-order valence-electron chi connectivity index (χ3n) is 4.78. The molecule has 0 bridgehead atoms. The Balaban J connectivity index is 1.50. The lowest BCUT2D eigenvalue weighted by Crippen LogP contribution is -2.30. The first-order chi connectivity index (χ1) is 13.5. The quantitative estimate of drug-likeness (QED) is 0.660. The molecular weight excluding hydrogens is 382 g/mol. The number of aromatic nitrogens is 3. The van der Waals surface area contributed by atoms with E-state index in [1.165, 1.54) is 27.5 Å². The summed E-state index contributed by atoms with van der Waals surface area (Å²) in [6.45, 7) is 3.57. The Labute approximate surface area is 165 Å². The number of nitrogens with zero attached hydrogens (tertiary/aromatic N) is 4. The molecule has 28 heavy (non-hydrogen) atoms. The fraction of sp³-hybridized carbons (Fsp3) is 0.350. The van der Waals surface area contributed by atoms with E-state index in [4.69, 9.17) is 0 Å². The largest absolute Gasteiger partial charge is 0.346 e. The average molecular weight is 402 g/mol. The van der Waals surface area contributed by atoms with Crippen LogP contribution in [0.1, 0.15) is 37.4 Å². The van der Waals surface area contributed by atoms with Crippen LogP contribution in [-0.4, -0.2) is 27.7 Å². The second kappa shape index (κ2) is 7.79. The van der Waals surface area contributed by atoms with Crippen molar-refractivity contribution in [3.63, 3.8) is 0 Å². The van der Waals surface area contributed by atoms with Crippen LogP contribution in [0.3, 0.4) is 0 Å². The number of hydrogen-bond acceptors (Lipinski definition) is 5. The molecule has 0 saturated carbocycles. The van der Waals surface area contributed by atoms with E-state index in [0.29, 0.717) is 10.5 Å². The minimum Gasteiger partial charge on any atom is -0.346 e. The molecule has 0 radical (unpaired) electrons. The summed E-state index contributed by atoms with van der Waals surface area (Å²) in [7, 11) is 0. The average Bonchev–Trinajstić information content (AvgIpc) is 3.10. The molecule has 8 heteroatoms. The Morgan fingerprint density at radius 2 is 1.96 bits per heavy atom. The van der Waals surface area contributed by atoms with E-state index in [1.807, 2.05) is 6.08 Å². The predicted octanol–water partition coefficient (Wildman–Crippen LogP) is 4.07. The van der Waals surface area contributed by atoms with E-state index in [1.54, 1.807) is 12.1 Å². The van der Waals surface area contributed by atoms with Gasteiger partial charge in [-0.1, -0.05) is 42.4 Å². The van der Waals surface area contributed by atoms with Crippen LogP contribution in [-0.2, 0) is 6.42 Å². The number of piperidine rings is 1. The number of fused-ring (bicyclic) bond motifs is 1. The summed E-state index contributed by atoms with van der Waals surface area (Å²) in [6.07, 6.45) is 5.24. The van der Waals surface area contributed by atoms with Gasteiger partial charge in [0.1, 0.15) is 0 Å². The molecular formula is C20H20F2N4OS. The third-order valence-corrected chi connectivity index (χ3v) is 5.75. The third kappa shape index (κ3) is 3.82. The Morgan fingerprint density at radius 3 is 2.68 bits per heavy atom. The number of hydrogen-bond donors (Lipinski definition) is 0. The summed E-state index contributed by atoms with van der Waals surface area (Å²) < 4.78 is 27.8. The normalized spacial score (nSPS) is 14.7. The molecule has 0 unspecified atom stereocenters. The van der Waals surface area contributed by atoms with Crippen LogP contribution < -0.4 is 10.5 Å². The molecule has 1 saturated heterocycles. The first-order valence-electron chi connectivity index (χ1n) is 9.32. The van der Waals surface area contributed by atoms with Gasteiger partial charge in [-0.05, 0) is 37.0 Å². The molecule has 1 aliphatic heterocycles. The van der Waals surface area contributed by atoms with Gasteiger partial charge in [0.05, 0.1) is 0 Å². The van der Waals surface area contributed by atoms with E-state index in [2.05, 4.69) is 21.9 Å². The number of benzene rings is 1. The lowest BCUT2D eigenvalue weighted by atomic mass is 10.0. The Kier molecular flexibility index (Phi) is 5.21. The van der Waals surface area contributed by atoms with Crippen LogP contribution >= 0.6 is 11.3 Å². The molecule has 2 aromatic heterocycles. The van der Waals surface area contributed by atoms with Crippen LogP contribution in [0.4, 0.5) is 13.9 Å². The standard InChI is InChI=1S/C20H20F2N4OS/c1-2-3-15-12-18(27)26-19(23-15)28-20(24-26)25-8-6-13(7-9-25)10-14-4-5-16(21)17(22)11-14/h4-5,10-12H,2-3,6-9H2,1H3. The Hall–Kier alpha value is -2.61. The number of halogens is 2. The first kappa shape index (κ1) is 18.7. The zero-order valence-corrected chi connectivity index (χ0v) is 16.3. The summed E-state index contributed by atoms with van der Waals surface area (Å²) in [6, 6.07) is 5.50. The second-order valence-electron chi connectivity index (χ2n) is 6.88. The minimum atomic E-state index is -0.834. The maximum atomic E-state index is 13.4. The highest BCUT2D eigenvalue weighted by atomic mass is 32.1. The Bertz CT molecular complexity index is 1100. The first-order valence-corrected chi connectivity index (χ1v) is 10.1. The van der Waals surface area contributed by atoms with E-state index in [-0.39, 0.29) is 5.56 Å². The lowest BCUT2D eigenvalue weighted by molar-refractivity contribution is 0.508. The van der Waals surface area contributed by atoms with Gasteiger partial charge in [-0.2, -0.15) is 4.52 Å². The van der Waals surface area contributed by atoms with Crippen LogP contribution in [0.25, 0.3) is 11.0 Å². The summed E-state index contributed by atoms with van der Waals surface area (Å²) in [4.78, 5) is 19.6. The van der Waals surface area contributed by atoms with Gasteiger partial charge in [0.2, 0.25) is 10.1 Å². The molecule has 4 rings (SSSR count). The zero-order valence-electron chi connectivity index (χ0n) is 15.5. The summed E-state index contributed by atoms with van der Waals surface area (Å²) in [5, 5.41) is 5.23. The van der Waals surface area contributed by atoms with Gasteiger partial charge in [-0.3, -0.25) is 4.79 Å². The molecule has 3 aromatic rings. The van der Waals surface area contributed by atoms with E-state index >= 15 is 0 Å². The van der Waals surface area contributed by atoms with Crippen molar-refractivity contribution in [3.8, 4) is 0 Å². The van der Waals surface area contributed by atoms with Gasteiger partial charge in [0.25, 0.3) is 5.56 Å². The van der Waals surface area contributed by atoms with Gasteiger partial charge < -0.3 is 4.90 Å². The van der Waals surface area contributed by atoms with Crippen molar-refractivity contribution in [2.45, 2.75) is 32.6 Å². The highest BCUT2D eigenvalue weighted by molar-refractivity contribution is 7.20. The van der Waals surface area contributed by atoms with Crippen molar-refractivity contribution in [1.82, 2.24) is 14.6 Å². The van der Waals surface area contributed by atoms with Gasteiger partial charge in [-0.25, -0.2) is 13.8 Å². The maximum Gasteiger partial charge on any atom is 0.275 e. The van der Waals surface area contributed by atoms with Crippen LogP contribution in [0, 0.1) is 11.6 Å². The number of rotatable bonds is 4. The molecule has 0 amide bonds. The Morgan fingerprint density at radius 1 is 1.18 bits per heavy atom. The van der Waals surface area contributed by atoms with Crippen LogP contribution in [0.2, 0.25) is 0 Å². The minimum absolute atomic E-state index is 0.146. The van der Waals surface area contributed by atoms with Crippen molar-refractivity contribution in [3.05, 3.63) is 63.1 Å². The molecule has 0 N–H and O–H groups in total. The monoisotopic (exact) mass is 402 g/mol. The molecule has 1 fully saturated rings. The lowest BCUT2D eigenvalue weighted by Gasteiger charge is -2.27. The van der Waals surface area contributed by atoms with Crippen molar-refractivity contribution < 1.29 is 8.78 Å². The molecule has 146 valence electrons. The molecule has 5 nitrogen and oxygen atoms in total. The SMILES string of the molecule is CCCc1cc(=O)n2nc(N3CCC(=Cc4ccc(F)c(F)c4)CC3)sc2n1. The molecule has 3 heterocycles. The van der Waals surface area contributed by atoms with Crippen molar-refractivity contribution in [2.24, 2.45) is 0 Å². The van der Waals surface area contributed by atoms with E-state index in [0.717, 1.165) is 55.7 Å². The van der Waals surface area contributed by atoms with E-state index < -0.39 is 11.6 Å². The van der Waals surface area contributed by atoms with Gasteiger partial charge in [0.15, 0.2) is 11.6 Å². The second-order valence-corrected chi connectivity index (χ2v) is 7.81. The molecule has 1 aliphatic rings. The van der Waals surface area contributed by atoms with Gasteiger partial charge in [0, 0.05) is 24.8 Å². The zero-order chi connectivity index (χ0) is 19.7. The molecule has 1 aromatic carbocycles. The highest BCUT2D eigenvalue weighted by Crippen LogP contribution is 2.27. The highest BCUT2D eigenvalue weighted by Gasteiger charge is 2.19. The summed E-state index contributed by atoms with van der Waals surface area (Å²) >= 11 is 1.42. The molecule has 0 atom stereocenters. The van der Waals surface area contributed by atoms with Crippen molar-refractivity contribution >= 4 is 27.5 Å². The molecule has 0 aliphatic carbocycles. The maximum absolute atomic E-state index is 13.4. The summed E-state index contributed by atoms with van der Waals surface area (Å²) in [5.41, 5.74) is 2.51. The van der Waals surface area contributed by atoms with Crippen molar-refractivity contribution in [2.75, 3.05) is 18.0 Å². The molecule has 0 spiro atoms. The van der Waals surface area contributed by atoms with Gasteiger partial charge in [-0.15, -0.1) is 5.10 Å². The van der Waals surface area contributed by atoms with Crippen LogP contribution in [0.15, 0.2) is 34.6 Å². The summed E-state index contributed by atoms with van der Waals surface area (Å²) in [5.74, 6) is -1.67. The predicted molar refractivity (Wildman–Crippen MR) is 107 cm³/mol. The van der Waals surface area contributed by atoms with Gasteiger partial charge >= 0.3 is 0 Å². The van der Waals surface area contributed by atoms with Crippen molar-refractivity contribution in [1.29, 1.82) is 0 Å². The number of aryl methyl sites for hydroxylation is 1.